The van der Waals surface area contributed by atoms with Gasteiger partial charge in [-0.2, -0.15) is 0 Å². The molecule has 0 aromatic carbocycles. The van der Waals surface area contributed by atoms with Crippen LogP contribution in [-0.4, -0.2) is 17.5 Å². The predicted octanol–water partition coefficient (Wildman–Crippen LogP) is 3.20. The van der Waals surface area contributed by atoms with Crippen LogP contribution >= 0.6 is 35.6 Å². The lowest BCUT2D eigenvalue weighted by molar-refractivity contribution is 0.501. The largest absolute Gasteiger partial charge is 0.467 e. The van der Waals surface area contributed by atoms with Gasteiger partial charge in [-0.05, 0) is 30.7 Å². The van der Waals surface area contributed by atoms with Crippen LogP contribution in [-0.2, 0) is 13.1 Å². The van der Waals surface area contributed by atoms with Gasteiger partial charge in [0, 0.05) is 12.7 Å². The van der Waals surface area contributed by atoms with E-state index in [1.54, 1.807) is 18.5 Å². The van der Waals surface area contributed by atoms with E-state index in [0.717, 1.165) is 23.8 Å². The van der Waals surface area contributed by atoms with Gasteiger partial charge >= 0.3 is 0 Å². The number of nitrogens with one attached hydrogen (secondary N) is 2. The first-order chi connectivity index (χ1) is 9.78. The van der Waals surface area contributed by atoms with E-state index >= 15 is 0 Å². The Hall–Kier alpha value is -1.28. The summed E-state index contributed by atoms with van der Waals surface area (Å²) in [5.74, 6) is 1.60. The van der Waals surface area contributed by atoms with Crippen molar-refractivity contribution in [3.8, 4) is 0 Å². The summed E-state index contributed by atoms with van der Waals surface area (Å²) in [6.45, 7) is 3.95. The van der Waals surface area contributed by atoms with Gasteiger partial charge in [0.1, 0.15) is 10.9 Å². The van der Waals surface area contributed by atoms with Gasteiger partial charge in [0.05, 0.1) is 19.4 Å². The lowest BCUT2D eigenvalue weighted by Crippen LogP contribution is -2.36. The molecule has 0 amide bonds. The lowest BCUT2D eigenvalue weighted by Gasteiger charge is -2.10. The molecule has 5 nitrogen and oxygen atoms in total. The molecular weight excluding hydrogens is 403 g/mol. The first kappa shape index (κ1) is 17.8. The van der Waals surface area contributed by atoms with Crippen LogP contribution in [0.4, 0.5) is 0 Å². The zero-order valence-corrected chi connectivity index (χ0v) is 14.8. The molecule has 0 aliphatic carbocycles. The van der Waals surface area contributed by atoms with Gasteiger partial charge in [-0.1, -0.05) is 17.7 Å². The Kier molecular flexibility index (Phi) is 8.14. The molecule has 114 valence electrons. The molecule has 0 atom stereocenters. The Balaban J connectivity index is 0.00000220. The molecule has 0 saturated heterocycles. The molecule has 7 heteroatoms. The van der Waals surface area contributed by atoms with E-state index in [9.17, 15) is 0 Å². The third kappa shape index (κ3) is 6.34. The Bertz CT molecular complexity index is 543. The molecule has 0 saturated carbocycles. The second kappa shape index (κ2) is 9.62. The fourth-order valence-electron chi connectivity index (χ4n) is 1.60. The van der Waals surface area contributed by atoms with Crippen LogP contribution in [0.2, 0.25) is 5.15 Å². The van der Waals surface area contributed by atoms with Crippen LogP contribution in [0.5, 0.6) is 0 Å². The molecule has 0 bridgehead atoms. The number of nitrogens with zero attached hydrogens (tertiary/aromatic N) is 2. The number of furan rings is 1. The van der Waals surface area contributed by atoms with Crippen LogP contribution < -0.4 is 10.6 Å². The molecule has 0 aliphatic heterocycles. The average molecular weight is 421 g/mol. The molecule has 0 spiro atoms. The van der Waals surface area contributed by atoms with E-state index in [-0.39, 0.29) is 24.0 Å². The Morgan fingerprint density at radius 2 is 2.19 bits per heavy atom. The predicted molar refractivity (Wildman–Crippen MR) is 95.0 cm³/mol. The average Bonchev–Trinajstić information content (AvgIpc) is 2.97. The molecule has 0 aliphatic rings. The molecule has 0 fully saturated rings. The maximum atomic E-state index is 5.75. The fourth-order valence-corrected chi connectivity index (χ4v) is 1.71. The van der Waals surface area contributed by atoms with Crippen molar-refractivity contribution in [2.75, 3.05) is 6.54 Å². The molecule has 0 unspecified atom stereocenters. The maximum Gasteiger partial charge on any atom is 0.191 e. The van der Waals surface area contributed by atoms with Crippen molar-refractivity contribution in [2.45, 2.75) is 20.0 Å². The first-order valence-corrected chi connectivity index (χ1v) is 6.80. The lowest BCUT2D eigenvalue weighted by atomic mass is 10.3. The summed E-state index contributed by atoms with van der Waals surface area (Å²) < 4.78 is 5.27. The summed E-state index contributed by atoms with van der Waals surface area (Å²) in [6, 6.07) is 7.45. The number of rotatable bonds is 5. The zero-order chi connectivity index (χ0) is 14.2. The first-order valence-electron chi connectivity index (χ1n) is 6.43. The summed E-state index contributed by atoms with van der Waals surface area (Å²) in [6.07, 6.45) is 3.38. The van der Waals surface area contributed by atoms with Gasteiger partial charge in [-0.25, -0.2) is 9.98 Å². The van der Waals surface area contributed by atoms with E-state index in [1.165, 1.54) is 0 Å². The van der Waals surface area contributed by atoms with Crippen molar-refractivity contribution in [1.82, 2.24) is 15.6 Å². The minimum Gasteiger partial charge on any atom is -0.467 e. The van der Waals surface area contributed by atoms with Gasteiger partial charge in [0.2, 0.25) is 0 Å². The van der Waals surface area contributed by atoms with Gasteiger partial charge in [-0.15, -0.1) is 24.0 Å². The normalized spacial score (nSPS) is 10.9. The zero-order valence-electron chi connectivity index (χ0n) is 11.7. The third-order valence-electron chi connectivity index (χ3n) is 2.56. The molecule has 2 aromatic rings. The summed E-state index contributed by atoms with van der Waals surface area (Å²) in [5.41, 5.74) is 1.00. The minimum absolute atomic E-state index is 0. The highest BCUT2D eigenvalue weighted by Gasteiger charge is 2.00. The number of hydrogen-bond acceptors (Lipinski definition) is 3. The SMILES string of the molecule is CCNC(=NCc1ccc(Cl)nc1)NCc1ccco1.I. The van der Waals surface area contributed by atoms with Gasteiger partial charge in [0.25, 0.3) is 0 Å². The second-order valence-corrected chi connectivity index (χ2v) is 4.50. The standard InChI is InChI=1S/C14H17ClN4O.HI/c1-2-16-14(19-10-12-4-3-7-20-12)18-9-11-5-6-13(15)17-8-11;/h3-8H,2,9-10H2,1H3,(H2,16,18,19);1H. The van der Waals surface area contributed by atoms with Crippen molar-refractivity contribution in [1.29, 1.82) is 0 Å². The second-order valence-electron chi connectivity index (χ2n) is 4.12. The van der Waals surface area contributed by atoms with Crippen LogP contribution in [0.25, 0.3) is 0 Å². The van der Waals surface area contributed by atoms with E-state index in [0.29, 0.717) is 18.2 Å². The van der Waals surface area contributed by atoms with Gasteiger partial charge in [-0.3, -0.25) is 0 Å². The molecule has 2 heterocycles. The van der Waals surface area contributed by atoms with Crippen LogP contribution in [0.15, 0.2) is 46.1 Å². The Morgan fingerprint density at radius 1 is 1.33 bits per heavy atom. The summed E-state index contributed by atoms with van der Waals surface area (Å²) in [5, 5.41) is 6.87. The highest BCUT2D eigenvalue weighted by Crippen LogP contribution is 2.06. The van der Waals surface area contributed by atoms with E-state index in [4.69, 9.17) is 16.0 Å². The number of aliphatic imine (C=N–C) groups is 1. The van der Waals surface area contributed by atoms with Crippen molar-refractivity contribution >= 4 is 41.5 Å². The van der Waals surface area contributed by atoms with Crippen molar-refractivity contribution in [3.63, 3.8) is 0 Å². The fraction of sp³-hybridized carbons (Fsp3) is 0.286. The summed E-state index contributed by atoms with van der Waals surface area (Å²) in [4.78, 5) is 8.51. The highest BCUT2D eigenvalue weighted by molar-refractivity contribution is 14.0. The quantitative estimate of drug-likeness (QED) is 0.337. The van der Waals surface area contributed by atoms with Crippen molar-refractivity contribution in [2.24, 2.45) is 4.99 Å². The van der Waals surface area contributed by atoms with Crippen LogP contribution in [0, 0.1) is 0 Å². The molecule has 2 rings (SSSR count). The number of halogens is 2. The van der Waals surface area contributed by atoms with Crippen molar-refractivity contribution in [3.05, 3.63) is 53.2 Å². The number of pyridine rings is 1. The van der Waals surface area contributed by atoms with E-state index in [1.807, 2.05) is 25.1 Å². The van der Waals surface area contributed by atoms with Crippen LogP contribution in [0.1, 0.15) is 18.2 Å². The summed E-state index contributed by atoms with van der Waals surface area (Å²) >= 11 is 5.75. The van der Waals surface area contributed by atoms with Crippen molar-refractivity contribution < 1.29 is 4.42 Å². The minimum atomic E-state index is 0. The van der Waals surface area contributed by atoms with Gasteiger partial charge < -0.3 is 15.1 Å². The highest BCUT2D eigenvalue weighted by atomic mass is 127. The topological polar surface area (TPSA) is 62.5 Å². The van der Waals surface area contributed by atoms with E-state index < -0.39 is 0 Å². The molecule has 0 radical (unpaired) electrons. The maximum absolute atomic E-state index is 5.75. The molecule has 21 heavy (non-hydrogen) atoms. The van der Waals surface area contributed by atoms with Crippen LogP contribution in [0.3, 0.4) is 0 Å². The molecule has 2 aromatic heterocycles. The molecular formula is C14H18ClIN4O. The number of guanidine groups is 1. The monoisotopic (exact) mass is 420 g/mol. The summed E-state index contributed by atoms with van der Waals surface area (Å²) in [7, 11) is 0. The Morgan fingerprint density at radius 3 is 2.81 bits per heavy atom. The Labute approximate surface area is 146 Å². The third-order valence-corrected chi connectivity index (χ3v) is 2.79. The number of aromatic nitrogens is 1. The molecule has 2 N–H and O–H groups in total. The smallest absolute Gasteiger partial charge is 0.191 e. The van der Waals surface area contributed by atoms with Gasteiger partial charge in [0.15, 0.2) is 5.96 Å². The number of hydrogen-bond donors (Lipinski definition) is 2. The van der Waals surface area contributed by atoms with E-state index in [2.05, 4.69) is 20.6 Å².